The maximum absolute atomic E-state index is 12.4. The molecule has 2 N–H and O–H groups in total. The summed E-state index contributed by atoms with van der Waals surface area (Å²) in [5, 5.41) is 6.43. The molecular weight excluding hydrogens is 334 g/mol. The number of pyridine rings is 1. The van der Waals surface area contributed by atoms with Gasteiger partial charge in [0.2, 0.25) is 0 Å². The maximum atomic E-state index is 12.4. The molecule has 27 heavy (non-hydrogen) atoms. The number of hydrogen-bond donors (Lipinski definition) is 2. The van der Waals surface area contributed by atoms with Crippen molar-refractivity contribution in [1.29, 1.82) is 0 Å². The molecule has 1 amide bonds. The van der Waals surface area contributed by atoms with Gasteiger partial charge in [0.1, 0.15) is 0 Å². The second-order valence-corrected chi connectivity index (χ2v) is 6.85. The Morgan fingerprint density at radius 1 is 0.926 bits per heavy atom. The van der Waals surface area contributed by atoms with Crippen molar-refractivity contribution in [3.05, 3.63) is 95.3 Å². The molecule has 0 fully saturated rings. The average molecular weight is 359 g/mol. The lowest BCUT2D eigenvalue weighted by molar-refractivity contribution is 0.0940. The number of rotatable bonds is 7. The Morgan fingerprint density at radius 2 is 1.59 bits per heavy atom. The van der Waals surface area contributed by atoms with E-state index in [2.05, 4.69) is 46.8 Å². The zero-order valence-electron chi connectivity index (χ0n) is 15.8. The Kier molecular flexibility index (Phi) is 6.21. The van der Waals surface area contributed by atoms with Gasteiger partial charge in [-0.3, -0.25) is 9.78 Å². The second-order valence-electron chi connectivity index (χ2n) is 6.85. The molecule has 1 atom stereocenters. The van der Waals surface area contributed by atoms with Crippen LogP contribution in [0.15, 0.2) is 73.1 Å². The summed E-state index contributed by atoms with van der Waals surface area (Å²) in [6, 6.07) is 20.0. The molecular formula is C23H25N3O. The van der Waals surface area contributed by atoms with E-state index in [-0.39, 0.29) is 11.9 Å². The summed E-state index contributed by atoms with van der Waals surface area (Å²) in [6.45, 7) is 4.85. The number of benzene rings is 2. The van der Waals surface area contributed by atoms with Crippen molar-refractivity contribution in [3.8, 4) is 0 Å². The lowest BCUT2D eigenvalue weighted by Crippen LogP contribution is -2.34. The number of aryl methyl sites for hydroxylation is 1. The molecule has 1 heterocycles. The average Bonchev–Trinajstić information content (AvgIpc) is 2.68. The van der Waals surface area contributed by atoms with E-state index in [0.29, 0.717) is 5.56 Å². The van der Waals surface area contributed by atoms with Crippen molar-refractivity contribution < 1.29 is 4.79 Å². The standard InChI is InChI=1S/C23H25N3O/c1-17-3-5-20(6-4-17)16-25-22-9-7-21(8-10-22)23(27)26-18(2)15-19-11-13-24-14-12-19/h3-14,18,25H,15-16H2,1-2H3,(H,26,27). The van der Waals surface area contributed by atoms with Gasteiger partial charge in [0, 0.05) is 36.2 Å². The highest BCUT2D eigenvalue weighted by molar-refractivity contribution is 5.94. The Labute approximate surface area is 160 Å². The maximum Gasteiger partial charge on any atom is 0.251 e. The van der Waals surface area contributed by atoms with Crippen LogP contribution in [-0.4, -0.2) is 16.9 Å². The van der Waals surface area contributed by atoms with Gasteiger partial charge in [-0.05, 0) is 67.8 Å². The van der Waals surface area contributed by atoms with Gasteiger partial charge >= 0.3 is 0 Å². The van der Waals surface area contributed by atoms with Gasteiger partial charge in [-0.1, -0.05) is 29.8 Å². The molecule has 0 radical (unpaired) electrons. The van der Waals surface area contributed by atoms with E-state index in [1.54, 1.807) is 12.4 Å². The number of carbonyl (C=O) groups is 1. The van der Waals surface area contributed by atoms with Gasteiger partial charge < -0.3 is 10.6 Å². The summed E-state index contributed by atoms with van der Waals surface area (Å²) >= 11 is 0. The largest absolute Gasteiger partial charge is 0.381 e. The van der Waals surface area contributed by atoms with E-state index in [1.165, 1.54) is 11.1 Å². The van der Waals surface area contributed by atoms with Crippen LogP contribution < -0.4 is 10.6 Å². The van der Waals surface area contributed by atoms with E-state index in [0.717, 1.165) is 24.2 Å². The van der Waals surface area contributed by atoms with Gasteiger partial charge in [-0.15, -0.1) is 0 Å². The predicted octanol–water partition coefficient (Wildman–Crippen LogP) is 4.36. The number of nitrogens with zero attached hydrogens (tertiary/aromatic N) is 1. The minimum absolute atomic E-state index is 0.0540. The Bertz CT molecular complexity index is 858. The van der Waals surface area contributed by atoms with Crippen molar-refractivity contribution in [2.75, 3.05) is 5.32 Å². The summed E-state index contributed by atoms with van der Waals surface area (Å²) in [7, 11) is 0. The summed E-state index contributed by atoms with van der Waals surface area (Å²) in [5.74, 6) is -0.0540. The molecule has 0 spiro atoms. The molecule has 1 unspecified atom stereocenters. The fraction of sp³-hybridized carbons (Fsp3) is 0.217. The first-order chi connectivity index (χ1) is 13.1. The summed E-state index contributed by atoms with van der Waals surface area (Å²) in [6.07, 6.45) is 4.32. The second kappa shape index (κ2) is 8.99. The van der Waals surface area contributed by atoms with Crippen LogP contribution >= 0.6 is 0 Å². The van der Waals surface area contributed by atoms with Crippen LogP contribution in [0.1, 0.15) is 34.0 Å². The number of hydrogen-bond acceptors (Lipinski definition) is 3. The number of anilines is 1. The first-order valence-corrected chi connectivity index (χ1v) is 9.19. The molecule has 2 aromatic carbocycles. The van der Waals surface area contributed by atoms with Crippen molar-refractivity contribution in [1.82, 2.24) is 10.3 Å². The summed E-state index contributed by atoms with van der Waals surface area (Å²) < 4.78 is 0. The summed E-state index contributed by atoms with van der Waals surface area (Å²) in [4.78, 5) is 16.4. The molecule has 0 saturated carbocycles. The molecule has 0 aliphatic carbocycles. The monoisotopic (exact) mass is 359 g/mol. The molecule has 4 nitrogen and oxygen atoms in total. The topological polar surface area (TPSA) is 54.0 Å². The Balaban J connectivity index is 1.51. The molecule has 4 heteroatoms. The van der Waals surface area contributed by atoms with E-state index >= 15 is 0 Å². The normalized spacial score (nSPS) is 11.6. The third-order valence-electron chi connectivity index (χ3n) is 4.43. The number of amides is 1. The molecule has 138 valence electrons. The van der Waals surface area contributed by atoms with Gasteiger partial charge in [-0.25, -0.2) is 0 Å². The highest BCUT2D eigenvalue weighted by Gasteiger charge is 2.10. The van der Waals surface area contributed by atoms with Crippen LogP contribution in [-0.2, 0) is 13.0 Å². The molecule has 0 aliphatic heterocycles. The van der Waals surface area contributed by atoms with E-state index in [1.807, 2.05) is 43.3 Å². The predicted molar refractivity (Wildman–Crippen MR) is 110 cm³/mol. The molecule has 0 saturated heterocycles. The smallest absolute Gasteiger partial charge is 0.251 e. The molecule has 0 aliphatic rings. The van der Waals surface area contributed by atoms with Crippen LogP contribution in [0.4, 0.5) is 5.69 Å². The fourth-order valence-electron chi connectivity index (χ4n) is 2.88. The first kappa shape index (κ1) is 18.6. The van der Waals surface area contributed by atoms with Crippen LogP contribution in [0.3, 0.4) is 0 Å². The number of aromatic nitrogens is 1. The van der Waals surface area contributed by atoms with E-state index in [9.17, 15) is 4.79 Å². The zero-order chi connectivity index (χ0) is 19.1. The van der Waals surface area contributed by atoms with Crippen molar-refractivity contribution >= 4 is 11.6 Å². The van der Waals surface area contributed by atoms with E-state index in [4.69, 9.17) is 0 Å². The van der Waals surface area contributed by atoms with Crippen molar-refractivity contribution in [2.45, 2.75) is 32.9 Å². The number of nitrogens with one attached hydrogen (secondary N) is 2. The Morgan fingerprint density at radius 3 is 2.26 bits per heavy atom. The van der Waals surface area contributed by atoms with E-state index < -0.39 is 0 Å². The van der Waals surface area contributed by atoms with Crippen LogP contribution in [0, 0.1) is 6.92 Å². The van der Waals surface area contributed by atoms with Crippen molar-refractivity contribution in [3.63, 3.8) is 0 Å². The highest BCUT2D eigenvalue weighted by Crippen LogP contribution is 2.12. The van der Waals surface area contributed by atoms with Crippen LogP contribution in [0.25, 0.3) is 0 Å². The number of carbonyl (C=O) groups excluding carboxylic acids is 1. The Hall–Kier alpha value is -3.14. The quantitative estimate of drug-likeness (QED) is 0.659. The molecule has 0 bridgehead atoms. The van der Waals surface area contributed by atoms with Gasteiger partial charge in [0.05, 0.1) is 0 Å². The van der Waals surface area contributed by atoms with Gasteiger partial charge in [-0.2, -0.15) is 0 Å². The first-order valence-electron chi connectivity index (χ1n) is 9.19. The minimum atomic E-state index is -0.0540. The minimum Gasteiger partial charge on any atom is -0.381 e. The lowest BCUT2D eigenvalue weighted by Gasteiger charge is -2.14. The third-order valence-corrected chi connectivity index (χ3v) is 4.43. The fourth-order valence-corrected chi connectivity index (χ4v) is 2.88. The summed E-state index contributed by atoms with van der Waals surface area (Å²) in [5.41, 5.74) is 5.31. The van der Waals surface area contributed by atoms with Crippen LogP contribution in [0.5, 0.6) is 0 Å². The van der Waals surface area contributed by atoms with Gasteiger partial charge in [0.15, 0.2) is 0 Å². The molecule has 3 aromatic rings. The molecule has 3 rings (SSSR count). The van der Waals surface area contributed by atoms with Crippen molar-refractivity contribution in [2.24, 2.45) is 0 Å². The zero-order valence-corrected chi connectivity index (χ0v) is 15.8. The lowest BCUT2D eigenvalue weighted by atomic mass is 10.1. The molecule has 1 aromatic heterocycles. The van der Waals surface area contributed by atoms with Gasteiger partial charge in [0.25, 0.3) is 5.91 Å². The highest BCUT2D eigenvalue weighted by atomic mass is 16.1. The SMILES string of the molecule is Cc1ccc(CNc2ccc(C(=O)NC(C)Cc3ccncc3)cc2)cc1. The third kappa shape index (κ3) is 5.68. The van der Waals surface area contributed by atoms with Crippen LogP contribution in [0.2, 0.25) is 0 Å².